The number of carbonyl (C=O) groups excluding carboxylic acids is 1. The molecule has 0 bridgehead atoms. The molecule has 2 aromatic rings. The van der Waals surface area contributed by atoms with Crippen molar-refractivity contribution in [3.8, 4) is 0 Å². The second-order valence-electron chi connectivity index (χ2n) is 5.27. The van der Waals surface area contributed by atoms with Crippen LogP contribution < -0.4 is 10.6 Å². The van der Waals surface area contributed by atoms with Crippen LogP contribution in [0.25, 0.3) is 0 Å². The first kappa shape index (κ1) is 15.4. The molecule has 2 N–H and O–H groups in total. The highest BCUT2D eigenvalue weighted by molar-refractivity contribution is 5.93. The van der Waals surface area contributed by atoms with Crippen molar-refractivity contribution in [2.45, 2.75) is 25.5 Å². The summed E-state index contributed by atoms with van der Waals surface area (Å²) < 4.78 is 18.1. The van der Waals surface area contributed by atoms with Gasteiger partial charge in [-0.05, 0) is 42.7 Å². The van der Waals surface area contributed by atoms with Crippen LogP contribution >= 0.6 is 0 Å². The van der Waals surface area contributed by atoms with Crippen molar-refractivity contribution in [2.24, 2.45) is 0 Å². The number of amides is 1. The zero-order valence-corrected chi connectivity index (χ0v) is 12.5. The first-order valence-electron chi connectivity index (χ1n) is 7.45. The van der Waals surface area contributed by atoms with Gasteiger partial charge in [-0.3, -0.25) is 4.79 Å². The van der Waals surface area contributed by atoms with Gasteiger partial charge in [-0.25, -0.2) is 4.39 Å². The van der Waals surface area contributed by atoms with E-state index in [-0.39, 0.29) is 11.7 Å². The number of hydrogen-bond donors (Lipinski definition) is 2. The van der Waals surface area contributed by atoms with Gasteiger partial charge >= 0.3 is 0 Å². The van der Waals surface area contributed by atoms with Crippen LogP contribution in [-0.2, 0) is 16.1 Å². The van der Waals surface area contributed by atoms with Crippen LogP contribution in [0.15, 0.2) is 36.4 Å². The van der Waals surface area contributed by atoms with Gasteiger partial charge in [0.2, 0.25) is 0 Å². The molecular weight excluding hydrogens is 299 g/mol. The summed E-state index contributed by atoms with van der Waals surface area (Å²) in [5.74, 6) is 0.506. The SMILES string of the molecule is O=C(Nc1ccc(NCc2ccc(F)cc2)nn1)C1CCCO1. The van der Waals surface area contributed by atoms with Gasteiger partial charge in [0.15, 0.2) is 5.82 Å². The van der Waals surface area contributed by atoms with Gasteiger partial charge in [-0.1, -0.05) is 12.1 Å². The number of carbonyl (C=O) groups is 1. The van der Waals surface area contributed by atoms with Crippen LogP contribution in [0.4, 0.5) is 16.0 Å². The number of ether oxygens (including phenoxy) is 1. The molecule has 0 saturated carbocycles. The van der Waals surface area contributed by atoms with Crippen molar-refractivity contribution in [3.05, 3.63) is 47.8 Å². The second kappa shape index (κ2) is 7.15. The Morgan fingerprint density at radius 3 is 2.57 bits per heavy atom. The molecule has 1 fully saturated rings. The van der Waals surface area contributed by atoms with E-state index in [1.807, 2.05) is 0 Å². The fourth-order valence-electron chi connectivity index (χ4n) is 2.28. The predicted octanol–water partition coefficient (Wildman–Crippen LogP) is 2.35. The Bertz CT molecular complexity index is 655. The molecule has 1 amide bonds. The molecule has 3 rings (SSSR count). The van der Waals surface area contributed by atoms with Gasteiger partial charge in [0, 0.05) is 13.2 Å². The van der Waals surface area contributed by atoms with E-state index < -0.39 is 6.10 Å². The lowest BCUT2D eigenvalue weighted by atomic mass is 10.2. The number of benzene rings is 1. The molecule has 0 aliphatic carbocycles. The maximum Gasteiger partial charge on any atom is 0.254 e. The minimum absolute atomic E-state index is 0.191. The average molecular weight is 316 g/mol. The number of rotatable bonds is 5. The van der Waals surface area contributed by atoms with E-state index in [0.717, 1.165) is 18.4 Å². The highest BCUT2D eigenvalue weighted by Crippen LogP contribution is 2.14. The Hall–Kier alpha value is -2.54. The molecule has 1 atom stereocenters. The molecule has 2 heterocycles. The predicted molar refractivity (Wildman–Crippen MR) is 83.4 cm³/mol. The Balaban J connectivity index is 1.52. The third kappa shape index (κ3) is 4.23. The number of hydrogen-bond acceptors (Lipinski definition) is 5. The summed E-state index contributed by atoms with van der Waals surface area (Å²) in [7, 11) is 0. The van der Waals surface area contributed by atoms with Gasteiger partial charge in [0.25, 0.3) is 5.91 Å². The number of aromatic nitrogens is 2. The van der Waals surface area contributed by atoms with Gasteiger partial charge < -0.3 is 15.4 Å². The second-order valence-corrected chi connectivity index (χ2v) is 5.27. The third-order valence-electron chi connectivity index (χ3n) is 3.52. The summed E-state index contributed by atoms with van der Waals surface area (Å²) >= 11 is 0. The Morgan fingerprint density at radius 1 is 1.17 bits per heavy atom. The normalized spacial score (nSPS) is 17.0. The molecule has 1 aliphatic heterocycles. The van der Waals surface area contributed by atoms with E-state index in [2.05, 4.69) is 20.8 Å². The monoisotopic (exact) mass is 316 g/mol. The van der Waals surface area contributed by atoms with E-state index >= 15 is 0 Å². The van der Waals surface area contributed by atoms with Gasteiger partial charge in [0.05, 0.1) is 0 Å². The minimum atomic E-state index is -0.395. The lowest BCUT2D eigenvalue weighted by Gasteiger charge is -2.10. The van der Waals surface area contributed by atoms with Crippen molar-refractivity contribution in [3.63, 3.8) is 0 Å². The fraction of sp³-hybridized carbons (Fsp3) is 0.312. The lowest BCUT2D eigenvalue weighted by molar-refractivity contribution is -0.124. The third-order valence-corrected chi connectivity index (χ3v) is 3.52. The number of anilines is 2. The quantitative estimate of drug-likeness (QED) is 0.885. The van der Waals surface area contributed by atoms with Gasteiger partial charge in [-0.15, -0.1) is 10.2 Å². The van der Waals surface area contributed by atoms with Crippen LogP contribution in [0.5, 0.6) is 0 Å². The van der Waals surface area contributed by atoms with Gasteiger partial charge in [0.1, 0.15) is 17.7 Å². The number of nitrogens with zero attached hydrogens (tertiary/aromatic N) is 2. The molecule has 7 heteroatoms. The largest absolute Gasteiger partial charge is 0.368 e. The molecule has 6 nitrogen and oxygen atoms in total. The van der Waals surface area contributed by atoms with Crippen molar-refractivity contribution >= 4 is 17.5 Å². The van der Waals surface area contributed by atoms with E-state index in [1.165, 1.54) is 12.1 Å². The maximum absolute atomic E-state index is 12.8. The van der Waals surface area contributed by atoms with Crippen LogP contribution in [0.1, 0.15) is 18.4 Å². The lowest BCUT2D eigenvalue weighted by Crippen LogP contribution is -2.27. The number of nitrogens with one attached hydrogen (secondary N) is 2. The summed E-state index contributed by atoms with van der Waals surface area (Å²) in [5.41, 5.74) is 0.934. The van der Waals surface area contributed by atoms with Crippen LogP contribution in [0.2, 0.25) is 0 Å². The van der Waals surface area contributed by atoms with E-state index in [0.29, 0.717) is 24.8 Å². The smallest absolute Gasteiger partial charge is 0.254 e. The Morgan fingerprint density at radius 2 is 1.91 bits per heavy atom. The molecule has 1 aliphatic rings. The number of halogens is 1. The highest BCUT2D eigenvalue weighted by atomic mass is 19.1. The molecule has 1 aromatic heterocycles. The summed E-state index contributed by atoms with van der Waals surface area (Å²) in [6.07, 6.45) is 1.24. The first-order valence-corrected chi connectivity index (χ1v) is 7.45. The standard InChI is InChI=1S/C16H17FN4O2/c17-12-5-3-11(4-6-12)10-18-14-7-8-15(21-20-14)19-16(22)13-2-1-9-23-13/h3-8,13H,1-2,9-10H2,(H,18,20)(H,19,21,22). The summed E-state index contributed by atoms with van der Waals surface area (Å²) in [6.45, 7) is 1.13. The maximum atomic E-state index is 12.8. The Kier molecular flexibility index (Phi) is 4.77. The van der Waals surface area contributed by atoms with Crippen molar-refractivity contribution < 1.29 is 13.9 Å². The molecule has 23 heavy (non-hydrogen) atoms. The minimum Gasteiger partial charge on any atom is -0.368 e. The first-order chi connectivity index (χ1) is 11.2. The highest BCUT2D eigenvalue weighted by Gasteiger charge is 2.23. The molecule has 120 valence electrons. The molecule has 0 spiro atoms. The molecule has 1 unspecified atom stereocenters. The van der Waals surface area contributed by atoms with Crippen LogP contribution in [0, 0.1) is 5.82 Å². The summed E-state index contributed by atoms with van der Waals surface area (Å²) in [6, 6.07) is 9.62. The molecule has 0 radical (unpaired) electrons. The van der Waals surface area contributed by atoms with Crippen molar-refractivity contribution in [1.29, 1.82) is 0 Å². The van der Waals surface area contributed by atoms with E-state index in [9.17, 15) is 9.18 Å². The molecule has 1 saturated heterocycles. The van der Waals surface area contributed by atoms with Gasteiger partial charge in [-0.2, -0.15) is 0 Å². The van der Waals surface area contributed by atoms with Crippen molar-refractivity contribution in [2.75, 3.05) is 17.2 Å². The van der Waals surface area contributed by atoms with E-state index in [4.69, 9.17) is 4.74 Å². The zero-order valence-electron chi connectivity index (χ0n) is 12.5. The summed E-state index contributed by atoms with van der Waals surface area (Å²) in [5, 5.41) is 13.7. The van der Waals surface area contributed by atoms with E-state index in [1.54, 1.807) is 24.3 Å². The van der Waals surface area contributed by atoms with Crippen LogP contribution in [-0.4, -0.2) is 28.8 Å². The Labute approximate surface area is 133 Å². The molecular formula is C16H17FN4O2. The zero-order chi connectivity index (χ0) is 16.1. The summed E-state index contributed by atoms with van der Waals surface area (Å²) in [4.78, 5) is 11.9. The van der Waals surface area contributed by atoms with Crippen molar-refractivity contribution in [1.82, 2.24) is 10.2 Å². The molecule has 1 aromatic carbocycles. The average Bonchev–Trinajstić information content (AvgIpc) is 3.10. The fourth-order valence-corrected chi connectivity index (χ4v) is 2.28. The topological polar surface area (TPSA) is 76.1 Å². The van der Waals surface area contributed by atoms with Crippen LogP contribution in [0.3, 0.4) is 0 Å².